The van der Waals surface area contributed by atoms with Crippen molar-refractivity contribution in [2.75, 3.05) is 6.54 Å². The predicted octanol–water partition coefficient (Wildman–Crippen LogP) is 4.88. The summed E-state index contributed by atoms with van der Waals surface area (Å²) in [6, 6.07) is 14.7. The highest BCUT2D eigenvalue weighted by molar-refractivity contribution is 7.12. The lowest BCUT2D eigenvalue weighted by molar-refractivity contribution is 0.176. The van der Waals surface area contributed by atoms with Gasteiger partial charge >= 0.3 is 6.03 Å². The molecule has 122 valence electrons. The maximum Gasteiger partial charge on any atom is 0.318 e. The van der Waals surface area contributed by atoms with Crippen molar-refractivity contribution in [1.82, 2.24) is 10.2 Å². The molecule has 1 atom stereocenters. The molecule has 2 amide bonds. The van der Waals surface area contributed by atoms with Crippen molar-refractivity contribution in [2.24, 2.45) is 0 Å². The van der Waals surface area contributed by atoms with Gasteiger partial charge in [-0.25, -0.2) is 4.79 Å². The Hall–Kier alpha value is -1.81. The molecule has 1 fully saturated rings. The van der Waals surface area contributed by atoms with E-state index in [1.807, 2.05) is 46.6 Å². The Morgan fingerprint density at radius 2 is 2.00 bits per heavy atom. The molecule has 3 nitrogen and oxygen atoms in total. The van der Waals surface area contributed by atoms with Crippen LogP contribution >= 0.6 is 11.3 Å². The summed E-state index contributed by atoms with van der Waals surface area (Å²) >= 11 is 1.82. The fourth-order valence-corrected chi connectivity index (χ4v) is 4.18. The second-order valence-corrected chi connectivity index (χ2v) is 7.47. The molecule has 1 N–H and O–H groups in total. The Kier molecular flexibility index (Phi) is 5.34. The highest BCUT2D eigenvalue weighted by Gasteiger charge is 2.27. The van der Waals surface area contributed by atoms with Gasteiger partial charge in [0, 0.05) is 22.8 Å². The number of thiophene rings is 1. The van der Waals surface area contributed by atoms with Crippen LogP contribution in [0.25, 0.3) is 0 Å². The van der Waals surface area contributed by atoms with E-state index in [1.54, 1.807) is 0 Å². The minimum absolute atomic E-state index is 0.0619. The SMILES string of the molecule is Cc1ccc(C2CCCCCN2C(=O)NCc2ccccc2)s1. The van der Waals surface area contributed by atoms with Crippen LogP contribution in [0.2, 0.25) is 0 Å². The number of urea groups is 1. The van der Waals surface area contributed by atoms with E-state index in [1.165, 1.54) is 22.6 Å². The van der Waals surface area contributed by atoms with Crippen molar-refractivity contribution in [3.63, 3.8) is 0 Å². The summed E-state index contributed by atoms with van der Waals surface area (Å²) in [6.45, 7) is 3.57. The lowest BCUT2D eigenvalue weighted by atomic mass is 10.1. The van der Waals surface area contributed by atoms with E-state index >= 15 is 0 Å². The third-order valence-corrected chi connectivity index (χ3v) is 5.49. The van der Waals surface area contributed by atoms with Crippen LogP contribution in [0.4, 0.5) is 4.79 Å². The maximum absolute atomic E-state index is 12.7. The van der Waals surface area contributed by atoms with Crippen molar-refractivity contribution >= 4 is 17.4 Å². The Balaban J connectivity index is 1.70. The summed E-state index contributed by atoms with van der Waals surface area (Å²) in [7, 11) is 0. The van der Waals surface area contributed by atoms with E-state index in [9.17, 15) is 4.79 Å². The average molecular weight is 328 g/mol. The van der Waals surface area contributed by atoms with Crippen molar-refractivity contribution < 1.29 is 4.79 Å². The third kappa shape index (κ3) is 4.14. The molecule has 4 heteroatoms. The molecule has 23 heavy (non-hydrogen) atoms. The summed E-state index contributed by atoms with van der Waals surface area (Å²) in [6.07, 6.45) is 4.58. The fraction of sp³-hybridized carbons (Fsp3) is 0.421. The molecule has 1 aliphatic rings. The number of hydrogen-bond acceptors (Lipinski definition) is 2. The van der Waals surface area contributed by atoms with Crippen LogP contribution in [0.1, 0.15) is 47.0 Å². The number of amides is 2. The molecule has 1 unspecified atom stereocenters. The predicted molar refractivity (Wildman–Crippen MR) is 95.6 cm³/mol. The zero-order valence-electron chi connectivity index (χ0n) is 13.6. The van der Waals surface area contributed by atoms with Gasteiger partial charge in [0.25, 0.3) is 0 Å². The Morgan fingerprint density at radius 3 is 2.74 bits per heavy atom. The molecule has 0 radical (unpaired) electrons. The molecule has 3 rings (SSSR count). The molecule has 0 aliphatic carbocycles. The maximum atomic E-state index is 12.7. The number of rotatable bonds is 3. The average Bonchev–Trinajstić information content (AvgIpc) is 2.85. The van der Waals surface area contributed by atoms with Gasteiger partial charge in [0.1, 0.15) is 0 Å². The molecule has 0 saturated carbocycles. The van der Waals surface area contributed by atoms with Crippen LogP contribution in [0.15, 0.2) is 42.5 Å². The normalized spacial score (nSPS) is 18.5. The molecule has 1 aliphatic heterocycles. The van der Waals surface area contributed by atoms with E-state index in [2.05, 4.69) is 24.4 Å². The summed E-state index contributed by atoms with van der Waals surface area (Å²) in [5.41, 5.74) is 1.14. The van der Waals surface area contributed by atoms with Crippen LogP contribution < -0.4 is 5.32 Å². The van der Waals surface area contributed by atoms with Crippen molar-refractivity contribution in [3.05, 3.63) is 57.8 Å². The van der Waals surface area contributed by atoms with Crippen LogP contribution in [0.5, 0.6) is 0 Å². The van der Waals surface area contributed by atoms with E-state index < -0.39 is 0 Å². The van der Waals surface area contributed by atoms with Gasteiger partial charge in [0.15, 0.2) is 0 Å². The second kappa shape index (κ2) is 7.64. The van der Waals surface area contributed by atoms with Gasteiger partial charge in [-0.3, -0.25) is 0 Å². The molecule has 2 aromatic rings. The number of carbonyl (C=O) groups is 1. The molecule has 1 aromatic carbocycles. The summed E-state index contributed by atoms with van der Waals surface area (Å²) in [4.78, 5) is 17.4. The van der Waals surface area contributed by atoms with Gasteiger partial charge in [-0.05, 0) is 37.5 Å². The fourth-order valence-electron chi connectivity index (χ4n) is 3.15. The van der Waals surface area contributed by atoms with E-state index in [4.69, 9.17) is 0 Å². The first-order valence-corrected chi connectivity index (χ1v) is 9.20. The van der Waals surface area contributed by atoms with Crippen molar-refractivity contribution in [3.8, 4) is 0 Å². The zero-order valence-corrected chi connectivity index (χ0v) is 14.4. The van der Waals surface area contributed by atoms with Crippen molar-refractivity contribution in [1.29, 1.82) is 0 Å². The van der Waals surface area contributed by atoms with Crippen LogP contribution in [0, 0.1) is 6.92 Å². The summed E-state index contributed by atoms with van der Waals surface area (Å²) in [5.74, 6) is 0. The van der Waals surface area contributed by atoms with Crippen molar-refractivity contribution in [2.45, 2.75) is 45.2 Å². The van der Waals surface area contributed by atoms with E-state index in [-0.39, 0.29) is 12.1 Å². The Morgan fingerprint density at radius 1 is 1.17 bits per heavy atom. The summed E-state index contributed by atoms with van der Waals surface area (Å²) in [5, 5.41) is 3.09. The molecule has 1 saturated heterocycles. The Labute approximate surface area is 142 Å². The van der Waals surface area contributed by atoms with E-state index in [0.717, 1.165) is 24.9 Å². The molecular formula is C19H24N2OS. The highest BCUT2D eigenvalue weighted by Crippen LogP contribution is 2.34. The van der Waals surface area contributed by atoms with Gasteiger partial charge in [-0.2, -0.15) is 0 Å². The number of carbonyl (C=O) groups excluding carboxylic acids is 1. The molecule has 0 bridgehead atoms. The number of benzene rings is 1. The largest absolute Gasteiger partial charge is 0.334 e. The first-order valence-electron chi connectivity index (χ1n) is 8.39. The minimum atomic E-state index is 0.0619. The molecule has 0 spiro atoms. The molecule has 2 heterocycles. The third-order valence-electron chi connectivity index (χ3n) is 4.39. The van der Waals surface area contributed by atoms with Crippen LogP contribution in [0.3, 0.4) is 0 Å². The monoisotopic (exact) mass is 328 g/mol. The lowest BCUT2D eigenvalue weighted by Gasteiger charge is -2.29. The first-order chi connectivity index (χ1) is 11.2. The van der Waals surface area contributed by atoms with Gasteiger partial charge in [-0.15, -0.1) is 11.3 Å². The topological polar surface area (TPSA) is 32.3 Å². The molecular weight excluding hydrogens is 304 g/mol. The van der Waals surface area contributed by atoms with Crippen LogP contribution in [-0.4, -0.2) is 17.5 Å². The van der Waals surface area contributed by atoms with Gasteiger partial charge < -0.3 is 10.2 Å². The van der Waals surface area contributed by atoms with Gasteiger partial charge in [0.05, 0.1) is 6.04 Å². The van der Waals surface area contributed by atoms with Gasteiger partial charge in [-0.1, -0.05) is 43.2 Å². The number of nitrogens with one attached hydrogen (secondary N) is 1. The van der Waals surface area contributed by atoms with E-state index in [0.29, 0.717) is 6.54 Å². The number of likely N-dealkylation sites (tertiary alicyclic amines) is 1. The highest BCUT2D eigenvalue weighted by atomic mass is 32.1. The quantitative estimate of drug-likeness (QED) is 0.855. The van der Waals surface area contributed by atoms with Gasteiger partial charge in [0.2, 0.25) is 0 Å². The second-order valence-electron chi connectivity index (χ2n) is 6.15. The van der Waals surface area contributed by atoms with Crippen LogP contribution in [-0.2, 0) is 6.54 Å². The first kappa shape index (κ1) is 16.1. The molecule has 1 aromatic heterocycles. The number of hydrogen-bond donors (Lipinski definition) is 1. The minimum Gasteiger partial charge on any atom is -0.334 e. The smallest absolute Gasteiger partial charge is 0.318 e. The summed E-state index contributed by atoms with van der Waals surface area (Å²) < 4.78 is 0. The standard InChI is InChI=1S/C19H24N2OS/c1-15-11-12-18(23-15)17-10-6-3-7-13-21(17)19(22)20-14-16-8-4-2-5-9-16/h2,4-5,8-9,11-12,17H,3,6-7,10,13-14H2,1H3,(H,20,22). The lowest BCUT2D eigenvalue weighted by Crippen LogP contribution is -2.41. The number of aryl methyl sites for hydroxylation is 1. The number of nitrogens with zero attached hydrogens (tertiary/aromatic N) is 1. The Bertz CT molecular complexity index is 638. The zero-order chi connectivity index (χ0) is 16.1.